The predicted molar refractivity (Wildman–Crippen MR) is 65.2 cm³/mol. The molecule has 2 N–H and O–H groups in total. The van der Waals surface area contributed by atoms with Crippen molar-refractivity contribution in [2.45, 2.75) is 13.1 Å². The number of hydrogen-bond acceptors (Lipinski definition) is 4. The van der Waals surface area contributed by atoms with Gasteiger partial charge in [0.1, 0.15) is 17.5 Å². The van der Waals surface area contributed by atoms with Gasteiger partial charge in [-0.15, -0.1) is 0 Å². The lowest BCUT2D eigenvalue weighted by Crippen LogP contribution is -2.09. The number of pyridine rings is 1. The molecule has 0 radical (unpaired) electrons. The van der Waals surface area contributed by atoms with Crippen LogP contribution in [0.4, 0.5) is 19.0 Å². The molecule has 2 heterocycles. The molecule has 0 aliphatic heterocycles. The molecule has 0 bridgehead atoms. The van der Waals surface area contributed by atoms with Crippen molar-refractivity contribution in [3.05, 3.63) is 34.1 Å². The fourth-order valence-corrected chi connectivity index (χ4v) is 1.83. The molecule has 0 aliphatic rings. The highest BCUT2D eigenvalue weighted by atomic mass is 35.5. The molecule has 0 atom stereocenters. The van der Waals surface area contributed by atoms with E-state index in [0.717, 1.165) is 10.7 Å². The lowest BCUT2D eigenvalue weighted by molar-refractivity contribution is -0.137. The van der Waals surface area contributed by atoms with E-state index in [1.54, 1.807) is 6.92 Å². The van der Waals surface area contributed by atoms with Crippen molar-refractivity contribution in [1.82, 2.24) is 14.8 Å². The molecule has 0 unspecified atom stereocenters. The van der Waals surface area contributed by atoms with Gasteiger partial charge in [-0.3, -0.25) is 0 Å². The molecule has 0 fully saturated rings. The van der Waals surface area contributed by atoms with Gasteiger partial charge in [0, 0.05) is 6.20 Å². The van der Waals surface area contributed by atoms with Gasteiger partial charge in [-0.25, -0.2) is 4.98 Å². The fourth-order valence-electron chi connectivity index (χ4n) is 1.59. The quantitative estimate of drug-likeness (QED) is 0.878. The van der Waals surface area contributed by atoms with Gasteiger partial charge in [0.05, 0.1) is 16.3 Å². The Labute approximate surface area is 116 Å². The Morgan fingerprint density at radius 3 is 2.55 bits per heavy atom. The lowest BCUT2D eigenvalue weighted by atomic mass is 10.2. The van der Waals surface area contributed by atoms with Crippen LogP contribution < -0.4 is 5.73 Å². The Balaban J connectivity index is 2.58. The second-order valence-electron chi connectivity index (χ2n) is 3.90. The van der Waals surface area contributed by atoms with E-state index in [1.165, 1.54) is 0 Å². The SMILES string of the molecule is Cc1nn(-c2ncc(C(F)(F)F)cc2Cl)c(N)c1C#N. The molecule has 5 nitrogen and oxygen atoms in total. The van der Waals surface area contributed by atoms with Crippen molar-refractivity contribution in [1.29, 1.82) is 5.26 Å². The average molecular weight is 302 g/mol. The third-order valence-electron chi connectivity index (χ3n) is 2.56. The van der Waals surface area contributed by atoms with Crippen molar-refractivity contribution in [3.63, 3.8) is 0 Å². The highest BCUT2D eigenvalue weighted by Gasteiger charge is 2.32. The van der Waals surface area contributed by atoms with E-state index in [9.17, 15) is 13.2 Å². The topological polar surface area (TPSA) is 80.5 Å². The van der Waals surface area contributed by atoms with Crippen molar-refractivity contribution >= 4 is 17.4 Å². The maximum Gasteiger partial charge on any atom is 0.417 e. The van der Waals surface area contributed by atoms with Gasteiger partial charge in [0.15, 0.2) is 5.82 Å². The van der Waals surface area contributed by atoms with Crippen LogP contribution in [-0.2, 0) is 6.18 Å². The minimum Gasteiger partial charge on any atom is -0.382 e. The monoisotopic (exact) mass is 301 g/mol. The number of halogens is 4. The molecule has 0 spiro atoms. The zero-order valence-corrected chi connectivity index (χ0v) is 10.8. The standard InChI is InChI=1S/C11H7ClF3N5/c1-5-7(3-16)9(17)20(19-5)10-8(12)2-6(4-18-10)11(13,14)15/h2,4H,17H2,1H3. The van der Waals surface area contributed by atoms with Gasteiger partial charge in [-0.05, 0) is 13.0 Å². The Morgan fingerprint density at radius 2 is 2.10 bits per heavy atom. The highest BCUT2D eigenvalue weighted by molar-refractivity contribution is 6.32. The van der Waals surface area contributed by atoms with Gasteiger partial charge in [-0.2, -0.15) is 28.2 Å². The number of nitriles is 1. The van der Waals surface area contributed by atoms with E-state index >= 15 is 0 Å². The number of nitrogen functional groups attached to an aromatic ring is 1. The molecule has 2 rings (SSSR count). The summed E-state index contributed by atoms with van der Waals surface area (Å²) in [6.45, 7) is 1.55. The van der Waals surface area contributed by atoms with Crippen molar-refractivity contribution < 1.29 is 13.2 Å². The van der Waals surface area contributed by atoms with E-state index in [-0.39, 0.29) is 22.2 Å². The van der Waals surface area contributed by atoms with Gasteiger partial charge < -0.3 is 5.73 Å². The number of alkyl halides is 3. The molecular weight excluding hydrogens is 295 g/mol. The van der Waals surface area contributed by atoms with Gasteiger partial charge >= 0.3 is 6.18 Å². The molecule has 0 saturated heterocycles. The van der Waals surface area contributed by atoms with E-state index in [2.05, 4.69) is 10.1 Å². The number of hydrogen-bond donors (Lipinski definition) is 1. The fraction of sp³-hybridized carbons (Fsp3) is 0.182. The molecule has 0 amide bonds. The second-order valence-corrected chi connectivity index (χ2v) is 4.30. The maximum atomic E-state index is 12.5. The summed E-state index contributed by atoms with van der Waals surface area (Å²) in [5, 5.41) is 12.6. The zero-order valence-electron chi connectivity index (χ0n) is 10.0. The highest BCUT2D eigenvalue weighted by Crippen LogP contribution is 2.32. The summed E-state index contributed by atoms with van der Waals surface area (Å²) < 4.78 is 38.6. The van der Waals surface area contributed by atoms with Crippen molar-refractivity contribution in [3.8, 4) is 11.9 Å². The molecule has 0 aliphatic carbocycles. The smallest absolute Gasteiger partial charge is 0.382 e. The van der Waals surface area contributed by atoms with Crippen LogP contribution in [0.2, 0.25) is 5.02 Å². The first-order valence-corrected chi connectivity index (χ1v) is 5.61. The first kappa shape index (κ1) is 14.1. The summed E-state index contributed by atoms with van der Waals surface area (Å²) in [7, 11) is 0. The maximum absolute atomic E-state index is 12.5. The zero-order chi connectivity index (χ0) is 15.1. The van der Waals surface area contributed by atoms with Gasteiger partial charge in [0.2, 0.25) is 0 Å². The summed E-state index contributed by atoms with van der Waals surface area (Å²) >= 11 is 5.78. The summed E-state index contributed by atoms with van der Waals surface area (Å²) in [5.41, 5.74) is 5.18. The minimum absolute atomic E-state index is 0.0286. The number of nitrogens with two attached hydrogens (primary N) is 1. The first-order chi connectivity index (χ1) is 9.25. The number of aryl methyl sites for hydroxylation is 1. The Hall–Kier alpha value is -2.27. The van der Waals surface area contributed by atoms with E-state index in [4.69, 9.17) is 22.6 Å². The summed E-state index contributed by atoms with van der Waals surface area (Å²) in [5.74, 6) is -0.0964. The molecular formula is C11H7ClF3N5. The van der Waals surface area contributed by atoms with Gasteiger partial charge in [0.25, 0.3) is 0 Å². The Bertz CT molecular complexity index is 714. The average Bonchev–Trinajstić information content (AvgIpc) is 2.63. The first-order valence-electron chi connectivity index (χ1n) is 5.24. The van der Waals surface area contributed by atoms with Crippen molar-refractivity contribution in [2.24, 2.45) is 0 Å². The Kier molecular flexibility index (Phi) is 3.31. The van der Waals surface area contributed by atoms with Crippen LogP contribution in [0.15, 0.2) is 12.3 Å². The molecule has 2 aromatic heterocycles. The van der Waals surface area contributed by atoms with E-state index < -0.39 is 11.7 Å². The predicted octanol–water partition coefficient (Wildman–Crippen LogP) is 2.70. The molecule has 104 valence electrons. The lowest BCUT2D eigenvalue weighted by Gasteiger charge is -2.09. The van der Waals surface area contributed by atoms with Crippen LogP contribution in [0, 0.1) is 18.3 Å². The molecule has 2 aromatic rings. The van der Waals surface area contributed by atoms with Gasteiger partial charge in [-0.1, -0.05) is 11.6 Å². The number of aromatic nitrogens is 3. The van der Waals surface area contributed by atoms with E-state index in [1.807, 2.05) is 6.07 Å². The third kappa shape index (κ3) is 2.28. The largest absolute Gasteiger partial charge is 0.417 e. The van der Waals surface area contributed by atoms with Crippen LogP contribution in [0.25, 0.3) is 5.82 Å². The molecule has 0 saturated carbocycles. The molecule has 20 heavy (non-hydrogen) atoms. The molecule has 9 heteroatoms. The van der Waals surface area contributed by atoms with E-state index in [0.29, 0.717) is 11.9 Å². The normalized spacial score (nSPS) is 11.4. The summed E-state index contributed by atoms with van der Waals surface area (Å²) in [4.78, 5) is 3.62. The summed E-state index contributed by atoms with van der Waals surface area (Å²) in [6.07, 6.45) is -3.91. The Morgan fingerprint density at radius 1 is 1.45 bits per heavy atom. The van der Waals surface area contributed by atoms with Crippen molar-refractivity contribution in [2.75, 3.05) is 5.73 Å². The van der Waals surface area contributed by atoms with Crippen LogP contribution in [0.5, 0.6) is 0 Å². The van der Waals surface area contributed by atoms with Crippen LogP contribution in [0.3, 0.4) is 0 Å². The minimum atomic E-state index is -4.54. The number of nitrogens with zero attached hydrogens (tertiary/aromatic N) is 4. The summed E-state index contributed by atoms with van der Waals surface area (Å²) in [6, 6.07) is 2.58. The number of rotatable bonds is 1. The van der Waals surface area contributed by atoms with Crippen LogP contribution in [0.1, 0.15) is 16.8 Å². The number of anilines is 1. The van der Waals surface area contributed by atoms with Crippen LogP contribution in [-0.4, -0.2) is 14.8 Å². The third-order valence-corrected chi connectivity index (χ3v) is 2.84. The molecule has 0 aromatic carbocycles. The second kappa shape index (κ2) is 4.68. The van der Waals surface area contributed by atoms with Crippen LogP contribution >= 0.6 is 11.6 Å².